The van der Waals surface area contributed by atoms with E-state index in [0.29, 0.717) is 11.4 Å². The summed E-state index contributed by atoms with van der Waals surface area (Å²) < 4.78 is 0.867. The first-order valence-corrected chi connectivity index (χ1v) is 7.36. The molecule has 0 saturated carbocycles. The Kier molecular flexibility index (Phi) is 4.76. The van der Waals surface area contributed by atoms with Gasteiger partial charge >= 0.3 is 0 Å². The lowest BCUT2D eigenvalue weighted by Gasteiger charge is -2.12. The van der Waals surface area contributed by atoms with Crippen molar-refractivity contribution >= 4 is 33.3 Å². The van der Waals surface area contributed by atoms with Gasteiger partial charge in [-0.15, -0.1) is 0 Å². The maximum absolute atomic E-state index is 9.21. The van der Waals surface area contributed by atoms with Crippen molar-refractivity contribution in [3.05, 3.63) is 40.1 Å². The minimum Gasteiger partial charge on any atom is -0.373 e. The molecular formula is C15H16BrN5. The smallest absolute Gasteiger partial charge is 0.136 e. The maximum Gasteiger partial charge on any atom is 0.136 e. The summed E-state index contributed by atoms with van der Waals surface area (Å²) >= 11 is 3.36. The summed E-state index contributed by atoms with van der Waals surface area (Å²) in [7, 11) is 1.82. The molecule has 6 heteroatoms. The normalized spacial score (nSPS) is 10.3. The monoisotopic (exact) mass is 345 g/mol. The predicted octanol–water partition coefficient (Wildman–Crippen LogP) is 4.02. The highest BCUT2D eigenvalue weighted by Crippen LogP contribution is 2.25. The molecule has 21 heavy (non-hydrogen) atoms. The fourth-order valence-corrected chi connectivity index (χ4v) is 2.13. The molecule has 0 radical (unpaired) electrons. The first kappa shape index (κ1) is 15.3. The summed E-state index contributed by atoms with van der Waals surface area (Å²) in [5.74, 6) is 2.38. The standard InChI is InChI=1S/C15H16BrN5/c1-9(2)15-20-13(18-3)7-14(21-15)19-12-5-4-11(16)6-10(12)8-17/h4-7,9H,1-3H3,(H2,18,19,20,21). The van der Waals surface area contributed by atoms with Gasteiger partial charge < -0.3 is 10.6 Å². The minimum atomic E-state index is 0.221. The van der Waals surface area contributed by atoms with Gasteiger partial charge in [-0.2, -0.15) is 5.26 Å². The van der Waals surface area contributed by atoms with Gasteiger partial charge in [0.1, 0.15) is 23.5 Å². The average Bonchev–Trinajstić information content (AvgIpc) is 2.48. The molecule has 0 saturated heterocycles. The van der Waals surface area contributed by atoms with Crippen molar-refractivity contribution < 1.29 is 0 Å². The van der Waals surface area contributed by atoms with Crippen molar-refractivity contribution in [3.8, 4) is 6.07 Å². The SMILES string of the molecule is CNc1cc(Nc2ccc(Br)cc2C#N)nc(C(C)C)n1. The number of hydrogen-bond acceptors (Lipinski definition) is 5. The van der Waals surface area contributed by atoms with Crippen LogP contribution in [0.4, 0.5) is 17.3 Å². The number of anilines is 3. The Balaban J connectivity index is 2.40. The van der Waals surface area contributed by atoms with Crippen molar-refractivity contribution in [2.75, 3.05) is 17.7 Å². The van der Waals surface area contributed by atoms with E-state index in [-0.39, 0.29) is 5.92 Å². The van der Waals surface area contributed by atoms with E-state index in [9.17, 15) is 5.26 Å². The van der Waals surface area contributed by atoms with Crippen LogP contribution in [-0.4, -0.2) is 17.0 Å². The van der Waals surface area contributed by atoms with E-state index >= 15 is 0 Å². The van der Waals surface area contributed by atoms with Crippen molar-refractivity contribution in [2.45, 2.75) is 19.8 Å². The number of nitrogens with one attached hydrogen (secondary N) is 2. The van der Waals surface area contributed by atoms with Crippen LogP contribution in [0.2, 0.25) is 0 Å². The average molecular weight is 346 g/mol. The largest absolute Gasteiger partial charge is 0.373 e. The Labute approximate surface area is 132 Å². The molecule has 2 N–H and O–H groups in total. The third-order valence-corrected chi connectivity index (χ3v) is 3.37. The van der Waals surface area contributed by atoms with Gasteiger partial charge in [-0.05, 0) is 18.2 Å². The molecule has 0 aliphatic rings. The molecule has 2 rings (SSSR count). The summed E-state index contributed by atoms with van der Waals surface area (Å²) in [6, 6.07) is 9.48. The van der Waals surface area contributed by atoms with Crippen LogP contribution in [0.15, 0.2) is 28.7 Å². The van der Waals surface area contributed by atoms with Crippen LogP contribution in [0.1, 0.15) is 31.2 Å². The Morgan fingerprint density at radius 3 is 2.52 bits per heavy atom. The zero-order valence-electron chi connectivity index (χ0n) is 12.1. The minimum absolute atomic E-state index is 0.221. The topological polar surface area (TPSA) is 73.6 Å². The first-order valence-electron chi connectivity index (χ1n) is 6.57. The molecule has 0 fully saturated rings. The summed E-state index contributed by atoms with van der Waals surface area (Å²) in [6.45, 7) is 4.08. The van der Waals surface area contributed by atoms with Crippen molar-refractivity contribution in [3.63, 3.8) is 0 Å². The third-order valence-electron chi connectivity index (χ3n) is 2.88. The third kappa shape index (κ3) is 3.70. The number of rotatable bonds is 4. The fourth-order valence-electron chi connectivity index (χ4n) is 1.77. The number of benzene rings is 1. The van der Waals surface area contributed by atoms with Gasteiger partial charge in [0.2, 0.25) is 0 Å². The second-order valence-electron chi connectivity index (χ2n) is 4.83. The molecule has 0 aliphatic carbocycles. The van der Waals surface area contributed by atoms with E-state index in [1.165, 1.54) is 0 Å². The van der Waals surface area contributed by atoms with Crippen LogP contribution in [0, 0.1) is 11.3 Å². The molecule has 0 atom stereocenters. The highest BCUT2D eigenvalue weighted by atomic mass is 79.9. The Morgan fingerprint density at radius 1 is 1.19 bits per heavy atom. The van der Waals surface area contributed by atoms with Gasteiger partial charge in [-0.25, -0.2) is 9.97 Å². The lowest BCUT2D eigenvalue weighted by molar-refractivity contribution is 0.778. The zero-order valence-corrected chi connectivity index (χ0v) is 13.7. The number of aromatic nitrogens is 2. The number of halogens is 1. The van der Waals surface area contributed by atoms with E-state index in [0.717, 1.165) is 21.8 Å². The maximum atomic E-state index is 9.21. The molecule has 1 heterocycles. The number of nitrogens with zero attached hydrogens (tertiary/aromatic N) is 3. The highest BCUT2D eigenvalue weighted by molar-refractivity contribution is 9.10. The number of hydrogen-bond donors (Lipinski definition) is 2. The lowest BCUT2D eigenvalue weighted by atomic mass is 10.2. The van der Waals surface area contributed by atoms with Crippen LogP contribution in [0.5, 0.6) is 0 Å². The van der Waals surface area contributed by atoms with E-state index in [1.807, 2.05) is 39.1 Å². The fraction of sp³-hybridized carbons (Fsp3) is 0.267. The molecule has 0 unspecified atom stereocenters. The van der Waals surface area contributed by atoms with E-state index in [4.69, 9.17) is 0 Å². The molecule has 1 aromatic heterocycles. The molecule has 1 aromatic carbocycles. The summed E-state index contributed by atoms with van der Waals surface area (Å²) in [5.41, 5.74) is 1.27. The van der Waals surface area contributed by atoms with Crippen molar-refractivity contribution in [1.82, 2.24) is 9.97 Å². The summed E-state index contributed by atoms with van der Waals surface area (Å²) in [6.07, 6.45) is 0. The first-order chi connectivity index (χ1) is 10.0. The van der Waals surface area contributed by atoms with Gasteiger partial charge in [0.05, 0.1) is 11.3 Å². The molecule has 2 aromatic rings. The molecule has 0 amide bonds. The highest BCUT2D eigenvalue weighted by Gasteiger charge is 2.09. The molecule has 5 nitrogen and oxygen atoms in total. The lowest BCUT2D eigenvalue weighted by Crippen LogP contribution is -2.05. The molecule has 0 bridgehead atoms. The zero-order chi connectivity index (χ0) is 15.4. The molecule has 0 spiro atoms. The van der Waals surface area contributed by atoms with Crippen molar-refractivity contribution in [1.29, 1.82) is 5.26 Å². The van der Waals surface area contributed by atoms with Crippen molar-refractivity contribution in [2.24, 2.45) is 0 Å². The van der Waals surface area contributed by atoms with Gasteiger partial charge in [0.15, 0.2) is 0 Å². The summed E-state index contributed by atoms with van der Waals surface area (Å²) in [4.78, 5) is 8.91. The van der Waals surface area contributed by atoms with Crippen LogP contribution < -0.4 is 10.6 Å². The second-order valence-corrected chi connectivity index (χ2v) is 5.74. The van der Waals surface area contributed by atoms with Gasteiger partial charge in [-0.1, -0.05) is 29.8 Å². The van der Waals surface area contributed by atoms with Crippen LogP contribution in [0.3, 0.4) is 0 Å². The van der Waals surface area contributed by atoms with Gasteiger partial charge in [-0.3, -0.25) is 0 Å². The second kappa shape index (κ2) is 6.55. The number of nitriles is 1. The van der Waals surface area contributed by atoms with Crippen LogP contribution in [0.25, 0.3) is 0 Å². The molecule has 0 aliphatic heterocycles. The quantitative estimate of drug-likeness (QED) is 0.875. The Bertz CT molecular complexity index is 691. The van der Waals surface area contributed by atoms with Crippen LogP contribution in [-0.2, 0) is 0 Å². The predicted molar refractivity (Wildman–Crippen MR) is 87.8 cm³/mol. The van der Waals surface area contributed by atoms with E-state index in [2.05, 4.69) is 42.6 Å². The van der Waals surface area contributed by atoms with E-state index < -0.39 is 0 Å². The Morgan fingerprint density at radius 2 is 1.90 bits per heavy atom. The summed E-state index contributed by atoms with van der Waals surface area (Å²) in [5, 5.41) is 15.4. The molecule has 108 valence electrons. The van der Waals surface area contributed by atoms with Crippen LogP contribution >= 0.6 is 15.9 Å². The Hall–Kier alpha value is -2.13. The molecular weight excluding hydrogens is 330 g/mol. The van der Waals surface area contributed by atoms with Gasteiger partial charge in [0, 0.05) is 23.5 Å². The van der Waals surface area contributed by atoms with Gasteiger partial charge in [0.25, 0.3) is 0 Å². The van der Waals surface area contributed by atoms with E-state index in [1.54, 1.807) is 6.07 Å².